The van der Waals surface area contributed by atoms with E-state index in [9.17, 15) is 30.7 Å². The molecule has 0 radical (unpaired) electrons. The fraction of sp³-hybridized carbons (Fsp3) is 0.278. The minimum atomic E-state index is -5.10. The molecule has 5 rings (SSSR count). The number of hydrogen-bond acceptors (Lipinski definition) is 2. The van der Waals surface area contributed by atoms with Crippen molar-refractivity contribution in [2.24, 2.45) is 5.92 Å². The molecule has 4 aromatic rings. The Hall–Kier alpha value is -4.41. The van der Waals surface area contributed by atoms with Crippen molar-refractivity contribution in [3.8, 4) is 33.8 Å². The van der Waals surface area contributed by atoms with Crippen LogP contribution in [-0.2, 0) is 6.11 Å². The summed E-state index contributed by atoms with van der Waals surface area (Å²) in [7, 11) is 0. The van der Waals surface area contributed by atoms with Gasteiger partial charge < -0.3 is 9.47 Å². The molecule has 1 aliphatic carbocycles. The van der Waals surface area contributed by atoms with E-state index in [1.807, 2.05) is 6.92 Å². The summed E-state index contributed by atoms with van der Waals surface area (Å²) in [5.74, 6) is -6.22. The molecule has 1 fully saturated rings. The fourth-order valence-electron chi connectivity index (χ4n) is 5.80. The summed E-state index contributed by atoms with van der Waals surface area (Å²) in [6.45, 7) is 2.04. The average Bonchev–Trinajstić information content (AvgIpc) is 3.00. The molecule has 0 N–H and O–H groups in total. The third-order valence-electron chi connectivity index (χ3n) is 8.11. The highest BCUT2D eigenvalue weighted by molar-refractivity contribution is 5.71. The lowest BCUT2D eigenvalue weighted by atomic mass is 9.78. The van der Waals surface area contributed by atoms with E-state index in [1.165, 1.54) is 24.3 Å². The van der Waals surface area contributed by atoms with Gasteiger partial charge in [-0.15, -0.1) is 13.2 Å². The first-order valence-electron chi connectivity index (χ1n) is 14.9. The van der Waals surface area contributed by atoms with Crippen molar-refractivity contribution in [3.63, 3.8) is 0 Å². The van der Waals surface area contributed by atoms with Crippen molar-refractivity contribution >= 4 is 0 Å². The first-order valence-corrected chi connectivity index (χ1v) is 14.9. The van der Waals surface area contributed by atoms with Gasteiger partial charge in [-0.25, -0.2) is 17.6 Å². The molecule has 0 saturated heterocycles. The summed E-state index contributed by atoms with van der Waals surface area (Å²) >= 11 is 0. The van der Waals surface area contributed by atoms with Crippen LogP contribution in [0.1, 0.15) is 56.1 Å². The van der Waals surface area contributed by atoms with E-state index < -0.39 is 52.8 Å². The van der Waals surface area contributed by atoms with Crippen LogP contribution in [0.15, 0.2) is 84.9 Å². The maximum absolute atomic E-state index is 15.1. The zero-order chi connectivity index (χ0) is 33.9. The highest BCUT2D eigenvalue weighted by atomic mass is 19.4. The Kier molecular flexibility index (Phi) is 9.93. The van der Waals surface area contributed by atoms with E-state index in [0.29, 0.717) is 36.0 Å². The SMILES string of the molecule is CCC=CC1CCC(c2cc(F)c(C(F)(F)Oc3ccc(-c4ccc(-c5ccc(OC(F)(F)F)c(F)c5)c(F)c4)cc3)c(F)c2)CC1. The molecule has 11 heteroatoms. The smallest absolute Gasteiger partial charge is 0.429 e. The first-order chi connectivity index (χ1) is 22.2. The molecule has 0 aliphatic heterocycles. The standard InChI is InChI=1S/C36H29F9O2/c1-2-3-4-21-5-7-23(8-6-21)26-19-31(39)34(32(40)20-26)35(41,42)46-27-13-9-22(10-14-27)24-11-15-28(29(37)17-24)25-12-16-33(30(38)18-25)47-36(43,44)45/h3-4,9-21,23H,2,5-8H2,1H3. The molecule has 0 atom stereocenters. The topological polar surface area (TPSA) is 18.5 Å². The van der Waals surface area contributed by atoms with Crippen LogP contribution < -0.4 is 9.47 Å². The van der Waals surface area contributed by atoms with Gasteiger partial charge in [0, 0.05) is 5.56 Å². The minimum Gasteiger partial charge on any atom is -0.429 e. The fourth-order valence-corrected chi connectivity index (χ4v) is 5.80. The molecule has 0 heterocycles. The normalized spacial score (nSPS) is 17.2. The van der Waals surface area contributed by atoms with Gasteiger partial charge in [0.1, 0.15) is 28.8 Å². The van der Waals surface area contributed by atoms with Gasteiger partial charge in [0.2, 0.25) is 0 Å². The van der Waals surface area contributed by atoms with Crippen molar-refractivity contribution < 1.29 is 49.0 Å². The maximum atomic E-state index is 15.1. The summed E-state index contributed by atoms with van der Waals surface area (Å²) < 4.78 is 135. The van der Waals surface area contributed by atoms with Crippen LogP contribution in [0, 0.1) is 29.2 Å². The monoisotopic (exact) mass is 664 g/mol. The lowest BCUT2D eigenvalue weighted by Gasteiger charge is -2.28. The molecule has 2 nitrogen and oxygen atoms in total. The Morgan fingerprint density at radius 2 is 1.26 bits per heavy atom. The molecule has 0 amide bonds. The van der Waals surface area contributed by atoms with E-state index in [-0.39, 0.29) is 22.6 Å². The summed E-state index contributed by atoms with van der Waals surface area (Å²) in [6, 6.07) is 13.0. The van der Waals surface area contributed by atoms with Crippen molar-refractivity contribution in [1.29, 1.82) is 0 Å². The van der Waals surface area contributed by atoms with Gasteiger partial charge in [-0.05, 0) is 109 Å². The Balaban J connectivity index is 1.27. The van der Waals surface area contributed by atoms with Crippen LogP contribution in [0.25, 0.3) is 22.3 Å². The summed E-state index contributed by atoms with van der Waals surface area (Å²) in [5, 5.41) is 0. The van der Waals surface area contributed by atoms with Gasteiger partial charge in [0.05, 0.1) is 0 Å². The number of ether oxygens (including phenoxy) is 2. The molecular weight excluding hydrogens is 635 g/mol. The third-order valence-corrected chi connectivity index (χ3v) is 8.11. The molecule has 0 aromatic heterocycles. The Morgan fingerprint density at radius 1 is 0.660 bits per heavy atom. The third kappa shape index (κ3) is 8.12. The molecule has 1 aliphatic rings. The van der Waals surface area contributed by atoms with Crippen molar-refractivity contribution in [2.75, 3.05) is 0 Å². The van der Waals surface area contributed by atoms with Gasteiger partial charge in [-0.2, -0.15) is 8.78 Å². The van der Waals surface area contributed by atoms with E-state index in [1.54, 1.807) is 0 Å². The number of rotatable bonds is 9. The molecule has 0 bridgehead atoms. The Bertz CT molecular complexity index is 1720. The van der Waals surface area contributed by atoms with Crippen LogP contribution in [-0.4, -0.2) is 6.36 Å². The number of hydrogen-bond donors (Lipinski definition) is 0. The average molecular weight is 665 g/mol. The lowest BCUT2D eigenvalue weighted by molar-refractivity contribution is -0.275. The second kappa shape index (κ2) is 13.8. The number of benzene rings is 4. The quantitative estimate of drug-likeness (QED) is 0.131. The van der Waals surface area contributed by atoms with Crippen LogP contribution in [0.5, 0.6) is 11.5 Å². The van der Waals surface area contributed by atoms with Gasteiger partial charge in [0.15, 0.2) is 11.6 Å². The second-order valence-electron chi connectivity index (χ2n) is 11.3. The molecule has 47 heavy (non-hydrogen) atoms. The van der Waals surface area contributed by atoms with Crippen molar-refractivity contribution in [1.82, 2.24) is 0 Å². The number of alkyl halides is 5. The zero-order valence-electron chi connectivity index (χ0n) is 25.0. The summed E-state index contributed by atoms with van der Waals surface area (Å²) in [6.07, 6.45) is -1.23. The highest BCUT2D eigenvalue weighted by Gasteiger charge is 2.41. The van der Waals surface area contributed by atoms with Gasteiger partial charge in [0.25, 0.3) is 0 Å². The molecule has 248 valence electrons. The molecule has 4 aromatic carbocycles. The van der Waals surface area contributed by atoms with E-state index in [2.05, 4.69) is 16.9 Å². The largest absolute Gasteiger partial charge is 0.573 e. The maximum Gasteiger partial charge on any atom is 0.573 e. The van der Waals surface area contributed by atoms with Crippen LogP contribution in [0.3, 0.4) is 0 Å². The van der Waals surface area contributed by atoms with E-state index >= 15 is 8.78 Å². The molecule has 0 spiro atoms. The number of allylic oxidation sites excluding steroid dienone is 2. The lowest BCUT2D eigenvalue weighted by Crippen LogP contribution is -2.25. The molecular formula is C36H29F9O2. The minimum absolute atomic E-state index is 0.0493. The van der Waals surface area contributed by atoms with Crippen LogP contribution in [0.2, 0.25) is 0 Å². The highest BCUT2D eigenvalue weighted by Crippen LogP contribution is 2.41. The summed E-state index contributed by atoms with van der Waals surface area (Å²) in [5.41, 5.74) is -0.697. The van der Waals surface area contributed by atoms with Crippen molar-refractivity contribution in [2.45, 2.75) is 57.4 Å². The number of halogens is 9. The second-order valence-corrected chi connectivity index (χ2v) is 11.3. The van der Waals surface area contributed by atoms with Gasteiger partial charge in [-0.1, -0.05) is 49.4 Å². The van der Waals surface area contributed by atoms with Crippen LogP contribution in [0.4, 0.5) is 39.5 Å². The zero-order valence-corrected chi connectivity index (χ0v) is 25.0. The van der Waals surface area contributed by atoms with Gasteiger partial charge in [-0.3, -0.25) is 0 Å². The van der Waals surface area contributed by atoms with Gasteiger partial charge >= 0.3 is 12.5 Å². The summed E-state index contributed by atoms with van der Waals surface area (Å²) in [4.78, 5) is 0. The predicted molar refractivity (Wildman–Crippen MR) is 159 cm³/mol. The van der Waals surface area contributed by atoms with E-state index in [0.717, 1.165) is 61.7 Å². The Labute approximate surface area is 265 Å². The molecule has 0 unspecified atom stereocenters. The van der Waals surface area contributed by atoms with Crippen LogP contribution >= 0.6 is 0 Å². The molecule has 1 saturated carbocycles. The van der Waals surface area contributed by atoms with E-state index in [4.69, 9.17) is 4.74 Å². The Morgan fingerprint density at radius 3 is 1.83 bits per heavy atom. The van der Waals surface area contributed by atoms with Crippen molar-refractivity contribution in [3.05, 3.63) is 119 Å². The predicted octanol–water partition coefficient (Wildman–Crippen LogP) is 11.8. The first kappa shape index (κ1) is 33.9.